The topological polar surface area (TPSA) is 38.9 Å². The van der Waals surface area contributed by atoms with Gasteiger partial charge in [0, 0.05) is 28.1 Å². The molecule has 37 heavy (non-hydrogen) atoms. The van der Waals surface area contributed by atoms with E-state index in [2.05, 4.69) is 91.0 Å². The maximum Gasteiger partial charge on any atom is 0.163 e. The minimum absolute atomic E-state index is 0.657. The number of para-hydroxylation sites is 2. The molecular formula is C34H20N2O. The molecule has 172 valence electrons. The molecule has 0 amide bonds. The van der Waals surface area contributed by atoms with Crippen LogP contribution in [0, 0.1) is 0 Å². The highest BCUT2D eigenvalue weighted by Gasteiger charge is 2.24. The summed E-state index contributed by atoms with van der Waals surface area (Å²) in [6.45, 7) is 0. The van der Waals surface area contributed by atoms with Crippen LogP contribution in [-0.4, -0.2) is 9.97 Å². The van der Waals surface area contributed by atoms with Crippen molar-refractivity contribution in [2.75, 3.05) is 0 Å². The molecular weight excluding hydrogens is 452 g/mol. The van der Waals surface area contributed by atoms with Crippen molar-refractivity contribution in [3.63, 3.8) is 0 Å². The van der Waals surface area contributed by atoms with E-state index in [-0.39, 0.29) is 0 Å². The Morgan fingerprint density at radius 2 is 0.946 bits per heavy atom. The van der Waals surface area contributed by atoms with Gasteiger partial charge in [0.15, 0.2) is 5.82 Å². The minimum atomic E-state index is 0.657. The monoisotopic (exact) mass is 472 g/mol. The van der Waals surface area contributed by atoms with Crippen molar-refractivity contribution < 1.29 is 4.42 Å². The van der Waals surface area contributed by atoms with E-state index < -0.39 is 0 Å². The van der Waals surface area contributed by atoms with Gasteiger partial charge in [-0.1, -0.05) is 103 Å². The van der Waals surface area contributed by atoms with Crippen molar-refractivity contribution in [1.82, 2.24) is 9.97 Å². The van der Waals surface area contributed by atoms with Crippen LogP contribution in [0.1, 0.15) is 0 Å². The Kier molecular flexibility index (Phi) is 4.23. The fourth-order valence-corrected chi connectivity index (χ4v) is 5.67. The smallest absolute Gasteiger partial charge is 0.163 e. The van der Waals surface area contributed by atoms with Crippen LogP contribution in [0.15, 0.2) is 126 Å². The fourth-order valence-electron chi connectivity index (χ4n) is 5.67. The number of rotatable bonds is 1. The number of nitrogens with zero attached hydrogens (tertiary/aromatic N) is 2. The van der Waals surface area contributed by atoms with E-state index in [9.17, 15) is 0 Å². The van der Waals surface area contributed by atoms with Crippen molar-refractivity contribution in [3.8, 4) is 56.0 Å². The van der Waals surface area contributed by atoms with Crippen molar-refractivity contribution in [1.29, 1.82) is 0 Å². The average Bonchev–Trinajstić information content (AvgIpc) is 3.35. The normalized spacial score (nSPS) is 11.8. The summed E-state index contributed by atoms with van der Waals surface area (Å²) in [7, 11) is 0. The lowest BCUT2D eigenvalue weighted by molar-refractivity contribution is 0.669. The van der Waals surface area contributed by atoms with Crippen molar-refractivity contribution in [2.45, 2.75) is 0 Å². The van der Waals surface area contributed by atoms with Gasteiger partial charge in [-0.05, 0) is 39.9 Å². The van der Waals surface area contributed by atoms with Gasteiger partial charge in [0.1, 0.15) is 11.2 Å². The highest BCUT2D eigenvalue weighted by molar-refractivity contribution is 6.09. The van der Waals surface area contributed by atoms with Crippen molar-refractivity contribution in [2.24, 2.45) is 0 Å². The van der Waals surface area contributed by atoms with Crippen molar-refractivity contribution >= 4 is 21.9 Å². The minimum Gasteiger partial charge on any atom is -0.455 e. The van der Waals surface area contributed by atoms with Gasteiger partial charge in [-0.25, -0.2) is 9.97 Å². The molecule has 1 aliphatic carbocycles. The van der Waals surface area contributed by atoms with E-state index in [1.165, 1.54) is 22.3 Å². The van der Waals surface area contributed by atoms with Gasteiger partial charge in [-0.15, -0.1) is 0 Å². The molecule has 2 heterocycles. The number of furan rings is 1. The predicted molar refractivity (Wildman–Crippen MR) is 150 cm³/mol. The van der Waals surface area contributed by atoms with Crippen LogP contribution in [0.2, 0.25) is 0 Å². The van der Waals surface area contributed by atoms with Crippen LogP contribution in [0.25, 0.3) is 78.0 Å². The molecule has 0 aliphatic heterocycles. The van der Waals surface area contributed by atoms with Gasteiger partial charge in [0.05, 0.1) is 11.3 Å². The highest BCUT2D eigenvalue weighted by Crippen LogP contribution is 2.47. The SMILES string of the molecule is c1ccc2c(c1)-c1ccccc1-c1cnc(-c3cccc4c3oc3ccccc34)nc1-c1ccccc1-2. The predicted octanol–water partition coefficient (Wildman–Crippen LogP) is 9.02. The summed E-state index contributed by atoms with van der Waals surface area (Å²) < 4.78 is 6.32. The zero-order valence-electron chi connectivity index (χ0n) is 19.8. The van der Waals surface area contributed by atoms with E-state index in [0.29, 0.717) is 5.82 Å². The second-order valence-electron chi connectivity index (χ2n) is 9.37. The average molecular weight is 473 g/mol. The first-order valence-electron chi connectivity index (χ1n) is 12.4. The van der Waals surface area contributed by atoms with Crippen LogP contribution in [-0.2, 0) is 0 Å². The number of fused-ring (bicyclic) bond motifs is 11. The molecule has 0 fully saturated rings. The van der Waals surface area contributed by atoms with Gasteiger partial charge in [0.2, 0.25) is 0 Å². The van der Waals surface area contributed by atoms with Crippen LogP contribution < -0.4 is 0 Å². The maximum absolute atomic E-state index is 6.32. The molecule has 0 saturated carbocycles. The quantitative estimate of drug-likeness (QED) is 0.239. The summed E-state index contributed by atoms with van der Waals surface area (Å²) in [6.07, 6.45) is 1.97. The lowest BCUT2D eigenvalue weighted by atomic mass is 9.83. The Morgan fingerprint density at radius 1 is 0.432 bits per heavy atom. The van der Waals surface area contributed by atoms with Gasteiger partial charge in [-0.2, -0.15) is 0 Å². The first kappa shape index (κ1) is 20.2. The summed E-state index contributed by atoms with van der Waals surface area (Å²) in [4.78, 5) is 10.2. The van der Waals surface area contributed by atoms with E-state index in [1.807, 2.05) is 30.5 Å². The van der Waals surface area contributed by atoms with E-state index >= 15 is 0 Å². The summed E-state index contributed by atoms with van der Waals surface area (Å²) in [5, 5.41) is 2.17. The standard InChI is InChI=1S/C34H20N2O/c1-2-11-22-21(10-1)23-12-3-4-14-25(23)30-20-35-34(36-32(30)27-16-6-5-13-24(22)27)29-18-9-17-28-26-15-7-8-19-31(26)37-33(28)29/h1-20H. The second kappa shape index (κ2) is 7.74. The molecule has 0 bridgehead atoms. The first-order chi connectivity index (χ1) is 18.4. The molecule has 0 unspecified atom stereocenters. The number of hydrogen-bond donors (Lipinski definition) is 0. The van der Waals surface area contributed by atoms with E-state index in [1.54, 1.807) is 0 Å². The number of hydrogen-bond acceptors (Lipinski definition) is 3. The molecule has 1 aliphatic rings. The molecule has 5 aromatic carbocycles. The molecule has 8 rings (SSSR count). The van der Waals surface area contributed by atoms with Gasteiger partial charge in [-0.3, -0.25) is 0 Å². The molecule has 2 aromatic heterocycles. The Bertz CT molecular complexity index is 1990. The maximum atomic E-state index is 6.32. The zero-order valence-corrected chi connectivity index (χ0v) is 19.8. The van der Waals surface area contributed by atoms with E-state index in [4.69, 9.17) is 14.4 Å². The zero-order chi connectivity index (χ0) is 24.3. The van der Waals surface area contributed by atoms with Crippen LogP contribution in [0.3, 0.4) is 0 Å². The third kappa shape index (κ3) is 2.95. The fraction of sp³-hybridized carbons (Fsp3) is 0. The van der Waals surface area contributed by atoms with Gasteiger partial charge < -0.3 is 4.42 Å². The van der Waals surface area contributed by atoms with Gasteiger partial charge in [0.25, 0.3) is 0 Å². The van der Waals surface area contributed by atoms with Crippen LogP contribution >= 0.6 is 0 Å². The third-order valence-electron chi connectivity index (χ3n) is 7.34. The summed E-state index contributed by atoms with van der Waals surface area (Å²) in [6, 6.07) is 40.0. The molecule has 0 spiro atoms. The molecule has 7 aromatic rings. The molecule has 0 saturated heterocycles. The third-order valence-corrected chi connectivity index (χ3v) is 7.34. The van der Waals surface area contributed by atoms with Crippen molar-refractivity contribution in [3.05, 3.63) is 121 Å². The molecule has 0 atom stereocenters. The Morgan fingerprint density at radius 3 is 1.65 bits per heavy atom. The summed E-state index contributed by atoms with van der Waals surface area (Å²) in [5.41, 5.74) is 11.5. The first-order valence-corrected chi connectivity index (χ1v) is 12.4. The van der Waals surface area contributed by atoms with E-state index in [0.717, 1.165) is 49.9 Å². The highest BCUT2D eigenvalue weighted by atomic mass is 16.3. The Hall–Kier alpha value is -5.02. The summed E-state index contributed by atoms with van der Waals surface area (Å²) >= 11 is 0. The van der Waals surface area contributed by atoms with Crippen LogP contribution in [0.4, 0.5) is 0 Å². The molecule has 3 nitrogen and oxygen atoms in total. The van der Waals surface area contributed by atoms with Gasteiger partial charge >= 0.3 is 0 Å². The lowest BCUT2D eigenvalue weighted by Crippen LogP contribution is -2.01. The Labute approximate surface area is 213 Å². The number of benzene rings is 5. The number of aromatic nitrogens is 2. The molecule has 0 N–H and O–H groups in total. The largest absolute Gasteiger partial charge is 0.455 e. The second-order valence-corrected chi connectivity index (χ2v) is 9.37. The Balaban J connectivity index is 1.45. The van der Waals surface area contributed by atoms with Crippen LogP contribution in [0.5, 0.6) is 0 Å². The molecule has 0 radical (unpaired) electrons. The molecule has 3 heteroatoms. The summed E-state index contributed by atoms with van der Waals surface area (Å²) in [5.74, 6) is 0.657. The lowest BCUT2D eigenvalue weighted by Gasteiger charge is -2.22.